The molecule has 0 aliphatic carbocycles. The van der Waals surface area contributed by atoms with Crippen LogP contribution >= 0.6 is 0 Å². The number of nitrogens with one attached hydrogen (secondary N) is 2. The molecule has 7 heteroatoms. The lowest BCUT2D eigenvalue weighted by atomic mass is 9.94. The molecule has 6 nitrogen and oxygen atoms in total. The van der Waals surface area contributed by atoms with Crippen LogP contribution in [-0.2, 0) is 4.79 Å². The van der Waals surface area contributed by atoms with Gasteiger partial charge in [-0.3, -0.25) is 0 Å². The van der Waals surface area contributed by atoms with Crippen molar-refractivity contribution < 1.29 is 19.1 Å². The third-order valence-electron chi connectivity index (χ3n) is 5.12. The minimum atomic E-state index is -1.08. The second-order valence-electron chi connectivity index (χ2n) is 6.83. The number of urea groups is 1. The standard InChI is InChI=1S/C19H24FN3O3/c20-16-11-14(2-4-18(24)25)1-3-15(16)17-12-22-19(26)23(17)10-7-13-5-8-21-9-6-13/h1-4,11,13,17,21H,5-10,12H2,(H,22,26)(H,24,25). The first-order valence-corrected chi connectivity index (χ1v) is 9.00. The molecule has 0 saturated carbocycles. The number of hydrogen-bond acceptors (Lipinski definition) is 3. The van der Waals surface area contributed by atoms with Crippen molar-refractivity contribution in [2.75, 3.05) is 26.2 Å². The van der Waals surface area contributed by atoms with Gasteiger partial charge < -0.3 is 20.6 Å². The van der Waals surface area contributed by atoms with Crippen LogP contribution in [0, 0.1) is 11.7 Å². The Hall–Kier alpha value is -2.41. The molecule has 1 aromatic rings. The number of halogens is 1. The Morgan fingerprint density at radius 2 is 2.12 bits per heavy atom. The number of aliphatic carboxylic acids is 1. The van der Waals surface area contributed by atoms with Crippen LogP contribution in [0.1, 0.15) is 36.4 Å². The molecular weight excluding hydrogens is 337 g/mol. The zero-order chi connectivity index (χ0) is 18.5. The quantitative estimate of drug-likeness (QED) is 0.680. The summed E-state index contributed by atoms with van der Waals surface area (Å²) in [7, 11) is 0. The molecule has 0 spiro atoms. The monoisotopic (exact) mass is 361 g/mol. The molecule has 1 aromatic carbocycles. The van der Waals surface area contributed by atoms with Gasteiger partial charge in [-0.2, -0.15) is 0 Å². The topological polar surface area (TPSA) is 81.7 Å². The number of carbonyl (C=O) groups excluding carboxylic acids is 1. The number of nitrogens with zero attached hydrogens (tertiary/aromatic N) is 1. The van der Waals surface area contributed by atoms with Crippen molar-refractivity contribution in [2.45, 2.75) is 25.3 Å². The summed E-state index contributed by atoms with van der Waals surface area (Å²) in [5.41, 5.74) is 0.938. The van der Waals surface area contributed by atoms with Gasteiger partial charge in [0.2, 0.25) is 0 Å². The fourth-order valence-electron chi connectivity index (χ4n) is 3.65. The van der Waals surface area contributed by atoms with Gasteiger partial charge in [0, 0.05) is 24.7 Å². The van der Waals surface area contributed by atoms with Crippen molar-refractivity contribution in [3.63, 3.8) is 0 Å². The second-order valence-corrected chi connectivity index (χ2v) is 6.83. The summed E-state index contributed by atoms with van der Waals surface area (Å²) in [6.45, 7) is 3.02. The Morgan fingerprint density at radius 1 is 1.35 bits per heavy atom. The van der Waals surface area contributed by atoms with E-state index in [2.05, 4.69) is 10.6 Å². The molecular formula is C19H24FN3O3. The lowest BCUT2D eigenvalue weighted by molar-refractivity contribution is -0.131. The van der Waals surface area contributed by atoms with Gasteiger partial charge in [0.15, 0.2) is 0 Å². The van der Waals surface area contributed by atoms with E-state index in [1.165, 1.54) is 12.1 Å². The van der Waals surface area contributed by atoms with E-state index in [4.69, 9.17) is 5.11 Å². The number of carbonyl (C=O) groups is 2. The van der Waals surface area contributed by atoms with Crippen LogP contribution in [0.3, 0.4) is 0 Å². The van der Waals surface area contributed by atoms with Crippen molar-refractivity contribution >= 4 is 18.1 Å². The Morgan fingerprint density at radius 3 is 2.81 bits per heavy atom. The molecule has 2 aliphatic rings. The summed E-state index contributed by atoms with van der Waals surface area (Å²) in [5.74, 6) is -0.909. The number of piperidine rings is 1. The Labute approximate surface area is 152 Å². The van der Waals surface area contributed by atoms with Crippen molar-refractivity contribution in [2.24, 2.45) is 5.92 Å². The van der Waals surface area contributed by atoms with Crippen LogP contribution in [0.2, 0.25) is 0 Å². The van der Waals surface area contributed by atoms with Crippen LogP contribution in [0.15, 0.2) is 24.3 Å². The molecule has 0 bridgehead atoms. The first-order chi connectivity index (χ1) is 12.5. The van der Waals surface area contributed by atoms with Crippen LogP contribution in [0.25, 0.3) is 6.08 Å². The molecule has 2 amide bonds. The first kappa shape index (κ1) is 18.4. The molecule has 0 aromatic heterocycles. The van der Waals surface area contributed by atoms with Crippen molar-refractivity contribution in [1.29, 1.82) is 0 Å². The zero-order valence-electron chi connectivity index (χ0n) is 14.6. The summed E-state index contributed by atoms with van der Waals surface area (Å²) in [4.78, 5) is 24.5. The minimum Gasteiger partial charge on any atom is -0.478 e. The fourth-order valence-corrected chi connectivity index (χ4v) is 3.65. The van der Waals surface area contributed by atoms with E-state index in [0.717, 1.165) is 38.4 Å². The molecule has 3 N–H and O–H groups in total. The van der Waals surface area contributed by atoms with E-state index >= 15 is 0 Å². The van der Waals surface area contributed by atoms with Crippen LogP contribution < -0.4 is 10.6 Å². The van der Waals surface area contributed by atoms with E-state index in [-0.39, 0.29) is 12.1 Å². The largest absolute Gasteiger partial charge is 0.478 e. The molecule has 2 heterocycles. The lowest BCUT2D eigenvalue weighted by Crippen LogP contribution is -2.34. The smallest absolute Gasteiger partial charge is 0.328 e. The predicted molar refractivity (Wildman–Crippen MR) is 96.1 cm³/mol. The molecule has 2 fully saturated rings. The second kappa shape index (κ2) is 8.31. The minimum absolute atomic E-state index is 0.154. The Balaban J connectivity index is 1.69. The van der Waals surface area contributed by atoms with Gasteiger partial charge >= 0.3 is 12.0 Å². The highest BCUT2D eigenvalue weighted by Gasteiger charge is 2.33. The van der Waals surface area contributed by atoms with Gasteiger partial charge in [0.25, 0.3) is 0 Å². The normalized spacial score (nSPS) is 21.3. The van der Waals surface area contributed by atoms with E-state index < -0.39 is 11.8 Å². The van der Waals surface area contributed by atoms with Crippen molar-refractivity contribution in [3.8, 4) is 0 Å². The van der Waals surface area contributed by atoms with Gasteiger partial charge in [-0.25, -0.2) is 14.0 Å². The number of benzene rings is 1. The zero-order valence-corrected chi connectivity index (χ0v) is 14.6. The Kier molecular flexibility index (Phi) is 5.88. The summed E-state index contributed by atoms with van der Waals surface area (Å²) in [5, 5.41) is 14.8. The number of carboxylic acid groups (broad SMARTS) is 1. The average Bonchev–Trinajstić information content (AvgIpc) is 2.99. The van der Waals surface area contributed by atoms with E-state index in [9.17, 15) is 14.0 Å². The average molecular weight is 361 g/mol. The molecule has 0 radical (unpaired) electrons. The summed E-state index contributed by atoms with van der Waals surface area (Å²) >= 11 is 0. The number of amides is 2. The van der Waals surface area contributed by atoms with E-state index in [0.29, 0.717) is 30.1 Å². The Bertz CT molecular complexity index is 701. The summed E-state index contributed by atoms with van der Waals surface area (Å²) < 4.78 is 14.6. The van der Waals surface area contributed by atoms with Gasteiger partial charge in [-0.1, -0.05) is 12.1 Å². The van der Waals surface area contributed by atoms with Crippen LogP contribution in [0.4, 0.5) is 9.18 Å². The van der Waals surface area contributed by atoms with Crippen molar-refractivity contribution in [1.82, 2.24) is 15.5 Å². The van der Waals surface area contributed by atoms with Gasteiger partial charge in [0.05, 0.1) is 6.04 Å². The molecule has 2 saturated heterocycles. The maximum atomic E-state index is 14.6. The summed E-state index contributed by atoms with van der Waals surface area (Å²) in [6, 6.07) is 4.13. The van der Waals surface area contributed by atoms with Gasteiger partial charge in [-0.15, -0.1) is 0 Å². The first-order valence-electron chi connectivity index (χ1n) is 9.00. The lowest BCUT2D eigenvalue weighted by Gasteiger charge is -2.28. The van der Waals surface area contributed by atoms with E-state index in [1.807, 2.05) is 0 Å². The highest BCUT2D eigenvalue weighted by atomic mass is 19.1. The maximum Gasteiger partial charge on any atom is 0.328 e. The molecule has 1 atom stereocenters. The highest BCUT2D eigenvalue weighted by molar-refractivity contribution is 5.85. The summed E-state index contributed by atoms with van der Waals surface area (Å²) in [6.07, 6.45) is 5.47. The van der Waals surface area contributed by atoms with Crippen LogP contribution in [-0.4, -0.2) is 48.2 Å². The molecule has 140 valence electrons. The predicted octanol–water partition coefficient (Wildman–Crippen LogP) is 2.38. The highest BCUT2D eigenvalue weighted by Crippen LogP contribution is 2.29. The van der Waals surface area contributed by atoms with Gasteiger partial charge in [0.1, 0.15) is 5.82 Å². The number of hydrogen-bond donors (Lipinski definition) is 3. The van der Waals surface area contributed by atoms with E-state index in [1.54, 1.807) is 17.0 Å². The third-order valence-corrected chi connectivity index (χ3v) is 5.12. The van der Waals surface area contributed by atoms with Crippen molar-refractivity contribution in [3.05, 3.63) is 41.2 Å². The molecule has 3 rings (SSSR count). The number of carboxylic acids is 1. The maximum absolute atomic E-state index is 14.6. The number of rotatable bonds is 6. The SMILES string of the molecule is O=C(O)C=Cc1ccc(C2CNC(=O)N2CCC2CCNCC2)c(F)c1. The third kappa shape index (κ3) is 4.40. The molecule has 1 unspecified atom stereocenters. The van der Waals surface area contributed by atoms with Gasteiger partial charge in [-0.05, 0) is 56.0 Å². The van der Waals surface area contributed by atoms with Crippen LogP contribution in [0.5, 0.6) is 0 Å². The molecule has 2 aliphatic heterocycles. The molecule has 26 heavy (non-hydrogen) atoms. The fraction of sp³-hybridized carbons (Fsp3) is 0.474.